The first-order chi connectivity index (χ1) is 16.1. The summed E-state index contributed by atoms with van der Waals surface area (Å²) >= 11 is 0. The van der Waals surface area contributed by atoms with Crippen molar-refractivity contribution in [3.63, 3.8) is 0 Å². The van der Waals surface area contributed by atoms with Gasteiger partial charge in [-0.25, -0.2) is 4.79 Å². The van der Waals surface area contributed by atoms with Gasteiger partial charge in [0.25, 0.3) is 5.91 Å². The number of benzene rings is 3. The molecule has 6 heteroatoms. The number of methoxy groups -OCH3 is 1. The summed E-state index contributed by atoms with van der Waals surface area (Å²) in [5, 5.41) is 4.97. The SMILES string of the molecule is COC(=O)c1cccc(CCNC(=O)C2CCCN(C(=O)c3cccc4ccccc34)C2)c1. The summed E-state index contributed by atoms with van der Waals surface area (Å²) in [6.07, 6.45) is 2.18. The average Bonchev–Trinajstić information content (AvgIpc) is 2.87. The van der Waals surface area contributed by atoms with Crippen molar-refractivity contribution in [2.75, 3.05) is 26.7 Å². The van der Waals surface area contributed by atoms with Gasteiger partial charge in [0.15, 0.2) is 0 Å². The van der Waals surface area contributed by atoms with Gasteiger partial charge in [-0.15, -0.1) is 0 Å². The number of hydrogen-bond acceptors (Lipinski definition) is 4. The van der Waals surface area contributed by atoms with Crippen molar-refractivity contribution in [2.24, 2.45) is 5.92 Å². The van der Waals surface area contributed by atoms with Gasteiger partial charge in [-0.2, -0.15) is 0 Å². The van der Waals surface area contributed by atoms with E-state index < -0.39 is 0 Å². The molecule has 4 rings (SSSR count). The fraction of sp³-hybridized carbons (Fsp3) is 0.296. The van der Waals surface area contributed by atoms with Crippen LogP contribution in [-0.4, -0.2) is 49.4 Å². The van der Waals surface area contributed by atoms with E-state index >= 15 is 0 Å². The highest BCUT2D eigenvalue weighted by Crippen LogP contribution is 2.23. The monoisotopic (exact) mass is 444 g/mol. The van der Waals surface area contributed by atoms with Crippen LogP contribution in [-0.2, 0) is 16.0 Å². The molecule has 1 saturated heterocycles. The Labute approximate surface area is 193 Å². The number of ether oxygens (including phenoxy) is 1. The van der Waals surface area contributed by atoms with Gasteiger partial charge in [0, 0.05) is 25.2 Å². The molecular formula is C27H28N2O4. The highest BCUT2D eigenvalue weighted by Gasteiger charge is 2.29. The Balaban J connectivity index is 1.35. The summed E-state index contributed by atoms with van der Waals surface area (Å²) in [6.45, 7) is 1.55. The van der Waals surface area contributed by atoms with Gasteiger partial charge < -0.3 is 15.0 Å². The van der Waals surface area contributed by atoms with Gasteiger partial charge in [0.2, 0.25) is 5.91 Å². The molecule has 1 atom stereocenters. The van der Waals surface area contributed by atoms with Crippen LogP contribution in [0.25, 0.3) is 10.8 Å². The van der Waals surface area contributed by atoms with Crippen molar-refractivity contribution >= 4 is 28.6 Å². The second kappa shape index (κ2) is 10.3. The van der Waals surface area contributed by atoms with Crippen molar-refractivity contribution in [1.82, 2.24) is 10.2 Å². The maximum atomic E-state index is 13.2. The molecule has 1 unspecified atom stereocenters. The molecule has 1 heterocycles. The molecule has 0 saturated carbocycles. The number of fused-ring (bicyclic) bond motifs is 1. The smallest absolute Gasteiger partial charge is 0.337 e. The molecule has 1 aliphatic heterocycles. The minimum Gasteiger partial charge on any atom is -0.465 e. The number of hydrogen-bond donors (Lipinski definition) is 1. The second-order valence-electron chi connectivity index (χ2n) is 8.35. The molecule has 0 bridgehead atoms. The van der Waals surface area contributed by atoms with E-state index in [1.165, 1.54) is 7.11 Å². The molecule has 0 aliphatic carbocycles. The van der Waals surface area contributed by atoms with Gasteiger partial charge >= 0.3 is 5.97 Å². The minimum absolute atomic E-state index is 0.0241. The van der Waals surface area contributed by atoms with Crippen molar-refractivity contribution < 1.29 is 19.1 Å². The molecule has 3 aromatic carbocycles. The van der Waals surface area contributed by atoms with Crippen LogP contribution < -0.4 is 5.32 Å². The molecule has 0 spiro atoms. The molecule has 1 aliphatic rings. The van der Waals surface area contributed by atoms with E-state index in [1.807, 2.05) is 48.5 Å². The summed E-state index contributed by atoms with van der Waals surface area (Å²) in [6, 6.07) is 20.8. The van der Waals surface area contributed by atoms with E-state index in [2.05, 4.69) is 5.32 Å². The minimum atomic E-state index is -0.376. The quantitative estimate of drug-likeness (QED) is 0.586. The molecule has 2 amide bonds. The van der Waals surface area contributed by atoms with Gasteiger partial charge in [-0.1, -0.05) is 48.5 Å². The number of nitrogens with one attached hydrogen (secondary N) is 1. The third kappa shape index (κ3) is 5.22. The Morgan fingerprint density at radius 3 is 2.67 bits per heavy atom. The number of esters is 1. The Hall–Kier alpha value is -3.67. The summed E-state index contributed by atoms with van der Waals surface area (Å²) in [4.78, 5) is 39.5. The topological polar surface area (TPSA) is 75.7 Å². The zero-order chi connectivity index (χ0) is 23.2. The summed E-state index contributed by atoms with van der Waals surface area (Å²) in [5.74, 6) is -0.656. The summed E-state index contributed by atoms with van der Waals surface area (Å²) in [5.41, 5.74) is 2.13. The van der Waals surface area contributed by atoms with Crippen molar-refractivity contribution in [1.29, 1.82) is 0 Å². The number of piperidine rings is 1. The predicted octanol–water partition coefficient (Wildman–Crippen LogP) is 3.84. The molecule has 1 fully saturated rings. The Bertz CT molecular complexity index is 1170. The van der Waals surface area contributed by atoms with Crippen molar-refractivity contribution in [3.8, 4) is 0 Å². The molecule has 0 radical (unpaired) electrons. The lowest BCUT2D eigenvalue weighted by Crippen LogP contribution is -2.45. The van der Waals surface area contributed by atoms with E-state index in [4.69, 9.17) is 4.74 Å². The third-order valence-electron chi connectivity index (χ3n) is 6.16. The molecule has 1 N–H and O–H groups in total. The highest BCUT2D eigenvalue weighted by molar-refractivity contribution is 6.07. The normalized spacial score (nSPS) is 15.8. The number of likely N-dealkylation sites (tertiary alicyclic amines) is 1. The largest absolute Gasteiger partial charge is 0.465 e. The summed E-state index contributed by atoms with van der Waals surface area (Å²) < 4.78 is 4.76. The van der Waals surface area contributed by atoms with Gasteiger partial charge in [0.05, 0.1) is 18.6 Å². The molecule has 3 aromatic rings. The van der Waals surface area contributed by atoms with Crippen LogP contribution in [0.4, 0.5) is 0 Å². The van der Waals surface area contributed by atoms with E-state index in [9.17, 15) is 14.4 Å². The number of rotatable bonds is 6. The van der Waals surface area contributed by atoms with Crippen molar-refractivity contribution in [2.45, 2.75) is 19.3 Å². The fourth-order valence-electron chi connectivity index (χ4n) is 4.40. The van der Waals surface area contributed by atoms with E-state index in [0.717, 1.165) is 29.2 Å². The van der Waals surface area contributed by atoms with Gasteiger partial charge in [0.1, 0.15) is 0 Å². The molecule has 33 heavy (non-hydrogen) atoms. The maximum absolute atomic E-state index is 13.2. The lowest BCUT2D eigenvalue weighted by atomic mass is 9.95. The van der Waals surface area contributed by atoms with Gasteiger partial charge in [-0.3, -0.25) is 9.59 Å². The Morgan fingerprint density at radius 2 is 1.82 bits per heavy atom. The first kappa shape index (κ1) is 22.5. The van der Waals surface area contributed by atoms with E-state index in [-0.39, 0.29) is 23.7 Å². The molecule has 170 valence electrons. The molecular weight excluding hydrogens is 416 g/mol. The molecule has 0 aromatic heterocycles. The number of carbonyl (C=O) groups excluding carboxylic acids is 3. The van der Waals surface area contributed by atoms with Crippen LogP contribution in [0.15, 0.2) is 66.7 Å². The van der Waals surface area contributed by atoms with Crippen molar-refractivity contribution in [3.05, 3.63) is 83.4 Å². The lowest BCUT2D eigenvalue weighted by molar-refractivity contribution is -0.126. The first-order valence-electron chi connectivity index (χ1n) is 11.3. The van der Waals surface area contributed by atoms with Crippen LogP contribution in [0.1, 0.15) is 39.1 Å². The standard InChI is InChI=1S/C27H28N2O4/c1-33-27(32)21-10-4-7-19(17-21)14-15-28-25(30)22-11-6-16-29(18-22)26(31)24-13-5-9-20-8-2-3-12-23(20)24/h2-5,7-10,12-13,17,22H,6,11,14-16,18H2,1H3,(H,28,30). The number of carbonyl (C=O) groups is 3. The molecule has 6 nitrogen and oxygen atoms in total. The number of amides is 2. The Morgan fingerprint density at radius 1 is 1.03 bits per heavy atom. The zero-order valence-electron chi connectivity index (χ0n) is 18.8. The number of nitrogens with zero attached hydrogens (tertiary/aromatic N) is 1. The third-order valence-corrected chi connectivity index (χ3v) is 6.16. The Kier molecular flexibility index (Phi) is 7.03. The van der Waals surface area contributed by atoms with Crippen LogP contribution in [0.2, 0.25) is 0 Å². The predicted molar refractivity (Wildman–Crippen MR) is 127 cm³/mol. The van der Waals surface area contributed by atoms with E-state index in [0.29, 0.717) is 37.2 Å². The first-order valence-corrected chi connectivity index (χ1v) is 11.3. The average molecular weight is 445 g/mol. The zero-order valence-corrected chi connectivity index (χ0v) is 18.8. The second-order valence-corrected chi connectivity index (χ2v) is 8.35. The summed E-state index contributed by atoms with van der Waals surface area (Å²) in [7, 11) is 1.35. The van der Waals surface area contributed by atoms with Crippen LogP contribution >= 0.6 is 0 Å². The van der Waals surface area contributed by atoms with E-state index in [1.54, 1.807) is 23.1 Å². The van der Waals surface area contributed by atoms with Gasteiger partial charge in [-0.05, 0) is 53.8 Å². The van der Waals surface area contributed by atoms with Crippen LogP contribution in [0, 0.1) is 5.92 Å². The van der Waals surface area contributed by atoms with Crippen LogP contribution in [0.5, 0.6) is 0 Å². The maximum Gasteiger partial charge on any atom is 0.337 e. The lowest BCUT2D eigenvalue weighted by Gasteiger charge is -2.32. The van der Waals surface area contributed by atoms with Crippen LogP contribution in [0.3, 0.4) is 0 Å². The highest BCUT2D eigenvalue weighted by atomic mass is 16.5. The fourth-order valence-corrected chi connectivity index (χ4v) is 4.40.